The second-order valence-corrected chi connectivity index (χ2v) is 3.80. The second kappa shape index (κ2) is 4.58. The fraction of sp³-hybridized carbons (Fsp3) is 0.500. The summed E-state index contributed by atoms with van der Waals surface area (Å²) in [6.07, 6.45) is 1.82. The van der Waals surface area contributed by atoms with Crippen LogP contribution in [0.1, 0.15) is 23.5 Å². The van der Waals surface area contributed by atoms with E-state index in [0.29, 0.717) is 5.92 Å². The average Bonchev–Trinajstić information content (AvgIpc) is 2.14. The van der Waals surface area contributed by atoms with E-state index in [4.69, 9.17) is 9.84 Å². The van der Waals surface area contributed by atoms with Crippen LogP contribution in [0.5, 0.6) is 0 Å². The molecule has 0 unspecified atom stereocenters. The lowest BCUT2D eigenvalue weighted by Crippen LogP contribution is -2.24. The van der Waals surface area contributed by atoms with Crippen molar-refractivity contribution in [3.05, 3.63) is 35.4 Å². The standard InChI is InChI=1S/C12H16O2/c13-7-1-2-10-3-5-11(6-4-10)12-8-14-9-12/h3-6,12-13H,1-2,7-9H2. The van der Waals surface area contributed by atoms with Gasteiger partial charge in [0, 0.05) is 12.5 Å². The first kappa shape index (κ1) is 9.69. The summed E-state index contributed by atoms with van der Waals surface area (Å²) >= 11 is 0. The van der Waals surface area contributed by atoms with Crippen molar-refractivity contribution >= 4 is 0 Å². The number of aryl methyl sites for hydroxylation is 1. The Bertz CT molecular complexity index is 275. The summed E-state index contributed by atoms with van der Waals surface area (Å²) in [4.78, 5) is 0. The van der Waals surface area contributed by atoms with E-state index in [9.17, 15) is 0 Å². The summed E-state index contributed by atoms with van der Waals surface area (Å²) < 4.78 is 5.15. The summed E-state index contributed by atoms with van der Waals surface area (Å²) in [5.41, 5.74) is 2.69. The molecule has 1 aromatic carbocycles. The quantitative estimate of drug-likeness (QED) is 0.787. The Labute approximate surface area is 84.5 Å². The van der Waals surface area contributed by atoms with Gasteiger partial charge >= 0.3 is 0 Å². The smallest absolute Gasteiger partial charge is 0.0557 e. The molecule has 1 fully saturated rings. The molecule has 1 saturated heterocycles. The van der Waals surface area contributed by atoms with E-state index in [1.54, 1.807) is 0 Å². The van der Waals surface area contributed by atoms with Gasteiger partial charge in [0.1, 0.15) is 0 Å². The summed E-state index contributed by atoms with van der Waals surface area (Å²) in [7, 11) is 0. The molecule has 1 heterocycles. The van der Waals surface area contributed by atoms with Gasteiger partial charge in [0.15, 0.2) is 0 Å². The van der Waals surface area contributed by atoms with Crippen LogP contribution in [0.3, 0.4) is 0 Å². The van der Waals surface area contributed by atoms with Crippen LogP contribution in [0.4, 0.5) is 0 Å². The molecule has 0 bridgehead atoms. The number of hydrogen-bond acceptors (Lipinski definition) is 2. The van der Waals surface area contributed by atoms with Crippen molar-refractivity contribution < 1.29 is 9.84 Å². The first-order valence-corrected chi connectivity index (χ1v) is 5.17. The maximum Gasteiger partial charge on any atom is 0.0557 e. The van der Waals surface area contributed by atoms with E-state index in [0.717, 1.165) is 26.1 Å². The first-order chi connectivity index (χ1) is 6.90. The number of ether oxygens (including phenoxy) is 1. The predicted molar refractivity (Wildman–Crippen MR) is 55.4 cm³/mol. The van der Waals surface area contributed by atoms with Crippen molar-refractivity contribution in [1.29, 1.82) is 0 Å². The Balaban J connectivity index is 1.95. The number of hydrogen-bond donors (Lipinski definition) is 1. The minimum atomic E-state index is 0.276. The van der Waals surface area contributed by atoms with E-state index in [1.165, 1.54) is 11.1 Å². The van der Waals surface area contributed by atoms with Gasteiger partial charge in [-0.25, -0.2) is 0 Å². The molecule has 0 spiro atoms. The van der Waals surface area contributed by atoms with E-state index in [-0.39, 0.29) is 6.61 Å². The van der Waals surface area contributed by atoms with E-state index in [1.807, 2.05) is 0 Å². The maximum absolute atomic E-state index is 8.70. The van der Waals surface area contributed by atoms with Crippen LogP contribution >= 0.6 is 0 Å². The largest absolute Gasteiger partial charge is 0.396 e. The zero-order valence-corrected chi connectivity index (χ0v) is 8.28. The predicted octanol–water partition coefficient (Wildman–Crippen LogP) is 1.73. The molecule has 1 aromatic rings. The molecule has 0 atom stereocenters. The molecule has 0 radical (unpaired) electrons. The van der Waals surface area contributed by atoms with Gasteiger partial charge < -0.3 is 9.84 Å². The lowest BCUT2D eigenvalue weighted by atomic mass is 9.96. The van der Waals surface area contributed by atoms with Crippen molar-refractivity contribution in [3.8, 4) is 0 Å². The first-order valence-electron chi connectivity index (χ1n) is 5.17. The molecule has 0 aliphatic carbocycles. The highest BCUT2D eigenvalue weighted by Crippen LogP contribution is 2.24. The number of aliphatic hydroxyl groups is 1. The Hall–Kier alpha value is -0.860. The molecular weight excluding hydrogens is 176 g/mol. The van der Waals surface area contributed by atoms with Gasteiger partial charge in [-0.15, -0.1) is 0 Å². The van der Waals surface area contributed by atoms with Crippen LogP contribution in [0.25, 0.3) is 0 Å². The molecule has 2 nitrogen and oxygen atoms in total. The SMILES string of the molecule is OCCCc1ccc(C2COC2)cc1. The van der Waals surface area contributed by atoms with Crippen molar-refractivity contribution in [3.63, 3.8) is 0 Å². The monoisotopic (exact) mass is 192 g/mol. The molecule has 14 heavy (non-hydrogen) atoms. The van der Waals surface area contributed by atoms with Gasteiger partial charge in [-0.1, -0.05) is 24.3 Å². The molecule has 2 heteroatoms. The Morgan fingerprint density at radius 1 is 1.21 bits per heavy atom. The molecule has 0 aromatic heterocycles. The molecule has 1 aliphatic rings. The highest BCUT2D eigenvalue weighted by molar-refractivity contribution is 5.26. The topological polar surface area (TPSA) is 29.5 Å². The van der Waals surface area contributed by atoms with Gasteiger partial charge in [0.2, 0.25) is 0 Å². The van der Waals surface area contributed by atoms with E-state index < -0.39 is 0 Å². The number of aliphatic hydroxyl groups excluding tert-OH is 1. The lowest BCUT2D eigenvalue weighted by molar-refractivity contribution is 0.00842. The van der Waals surface area contributed by atoms with Crippen LogP contribution in [-0.4, -0.2) is 24.9 Å². The van der Waals surface area contributed by atoms with Gasteiger partial charge in [0.25, 0.3) is 0 Å². The zero-order valence-electron chi connectivity index (χ0n) is 8.28. The summed E-state index contributed by atoms with van der Waals surface area (Å²) in [6, 6.07) is 8.67. The number of benzene rings is 1. The minimum absolute atomic E-state index is 0.276. The summed E-state index contributed by atoms with van der Waals surface area (Å²) in [5.74, 6) is 0.613. The number of rotatable bonds is 4. The Morgan fingerprint density at radius 2 is 1.93 bits per heavy atom. The van der Waals surface area contributed by atoms with Gasteiger partial charge in [-0.05, 0) is 24.0 Å². The highest BCUT2D eigenvalue weighted by Gasteiger charge is 2.19. The average molecular weight is 192 g/mol. The molecule has 76 valence electrons. The van der Waals surface area contributed by atoms with E-state index >= 15 is 0 Å². The Morgan fingerprint density at radius 3 is 2.43 bits per heavy atom. The molecular formula is C12H16O2. The molecule has 1 N–H and O–H groups in total. The summed E-state index contributed by atoms with van der Waals surface area (Å²) in [5, 5.41) is 8.70. The minimum Gasteiger partial charge on any atom is -0.396 e. The van der Waals surface area contributed by atoms with E-state index in [2.05, 4.69) is 24.3 Å². The van der Waals surface area contributed by atoms with Crippen molar-refractivity contribution in [2.75, 3.05) is 19.8 Å². The van der Waals surface area contributed by atoms with Crippen LogP contribution in [0.2, 0.25) is 0 Å². The highest BCUT2D eigenvalue weighted by atomic mass is 16.5. The third-order valence-corrected chi connectivity index (χ3v) is 2.71. The zero-order chi connectivity index (χ0) is 9.80. The van der Waals surface area contributed by atoms with Gasteiger partial charge in [-0.3, -0.25) is 0 Å². The second-order valence-electron chi connectivity index (χ2n) is 3.80. The van der Waals surface area contributed by atoms with Crippen molar-refractivity contribution in [1.82, 2.24) is 0 Å². The lowest BCUT2D eigenvalue weighted by Gasteiger charge is -2.26. The molecule has 0 saturated carbocycles. The van der Waals surface area contributed by atoms with Crippen LogP contribution in [0.15, 0.2) is 24.3 Å². The fourth-order valence-electron chi connectivity index (χ4n) is 1.67. The maximum atomic E-state index is 8.70. The van der Waals surface area contributed by atoms with Gasteiger partial charge in [0.05, 0.1) is 13.2 Å². The molecule has 0 amide bonds. The fourth-order valence-corrected chi connectivity index (χ4v) is 1.67. The normalized spacial score (nSPS) is 16.6. The van der Waals surface area contributed by atoms with Crippen LogP contribution in [-0.2, 0) is 11.2 Å². The molecule has 1 aliphatic heterocycles. The van der Waals surface area contributed by atoms with Gasteiger partial charge in [-0.2, -0.15) is 0 Å². The Kier molecular flexibility index (Phi) is 3.17. The third kappa shape index (κ3) is 2.14. The summed E-state index contributed by atoms with van der Waals surface area (Å²) in [6.45, 7) is 2.02. The molecule has 2 rings (SSSR count). The van der Waals surface area contributed by atoms with Crippen LogP contribution in [0, 0.1) is 0 Å². The van der Waals surface area contributed by atoms with Crippen molar-refractivity contribution in [2.24, 2.45) is 0 Å². The van der Waals surface area contributed by atoms with Crippen molar-refractivity contribution in [2.45, 2.75) is 18.8 Å². The van der Waals surface area contributed by atoms with Crippen LogP contribution < -0.4 is 0 Å². The third-order valence-electron chi connectivity index (χ3n) is 2.71.